The second kappa shape index (κ2) is 5.96. The maximum Gasteiger partial charge on any atom is 0.125 e. The third-order valence-corrected chi connectivity index (χ3v) is 5.27. The lowest BCUT2D eigenvalue weighted by molar-refractivity contribution is 0.196. The highest BCUT2D eigenvalue weighted by atomic mass is 19.1. The third-order valence-electron chi connectivity index (χ3n) is 5.27. The first kappa shape index (κ1) is 14.8. The molecule has 2 aliphatic rings. The Labute approximate surface area is 127 Å². The molecule has 1 aliphatic heterocycles. The van der Waals surface area contributed by atoms with Gasteiger partial charge in [0.15, 0.2) is 0 Å². The molecule has 1 N–H and O–H groups in total. The van der Waals surface area contributed by atoms with Crippen LogP contribution in [0.2, 0.25) is 0 Å². The van der Waals surface area contributed by atoms with Gasteiger partial charge in [0.1, 0.15) is 5.82 Å². The van der Waals surface area contributed by atoms with Crippen LogP contribution in [0.5, 0.6) is 0 Å². The van der Waals surface area contributed by atoms with Crippen molar-refractivity contribution in [3.05, 3.63) is 29.6 Å². The van der Waals surface area contributed by atoms with Crippen molar-refractivity contribution in [1.82, 2.24) is 5.32 Å². The molecule has 3 heteroatoms. The summed E-state index contributed by atoms with van der Waals surface area (Å²) in [6.07, 6.45) is 7.61. The number of hydrogen-bond donors (Lipinski definition) is 1. The predicted molar refractivity (Wildman–Crippen MR) is 86.4 cm³/mol. The van der Waals surface area contributed by atoms with Crippen LogP contribution in [-0.2, 0) is 0 Å². The highest BCUT2D eigenvalue weighted by Crippen LogP contribution is 2.34. The zero-order chi connectivity index (χ0) is 14.9. The Kier molecular flexibility index (Phi) is 4.21. The molecule has 1 saturated carbocycles. The van der Waals surface area contributed by atoms with Crippen LogP contribution < -0.4 is 10.2 Å². The average molecular weight is 290 g/mol. The van der Waals surface area contributed by atoms with E-state index in [9.17, 15) is 4.39 Å². The molecule has 0 bridgehead atoms. The topological polar surface area (TPSA) is 15.3 Å². The summed E-state index contributed by atoms with van der Waals surface area (Å²) >= 11 is 0. The van der Waals surface area contributed by atoms with Crippen LogP contribution in [0, 0.1) is 12.7 Å². The van der Waals surface area contributed by atoms with Gasteiger partial charge in [-0.15, -0.1) is 0 Å². The fraction of sp³-hybridized carbons (Fsp3) is 0.667. The number of piperazine rings is 1. The predicted octanol–water partition coefficient (Wildman–Crippen LogP) is 4.03. The summed E-state index contributed by atoms with van der Waals surface area (Å²) in [5.74, 6) is -0.115. The molecule has 1 atom stereocenters. The first-order valence-electron chi connectivity index (χ1n) is 8.41. The van der Waals surface area contributed by atoms with Gasteiger partial charge in [0.2, 0.25) is 0 Å². The van der Waals surface area contributed by atoms with Crippen molar-refractivity contribution >= 4 is 5.69 Å². The average Bonchev–Trinajstić information content (AvgIpc) is 2.47. The van der Waals surface area contributed by atoms with E-state index in [0.29, 0.717) is 6.04 Å². The number of rotatable bonds is 2. The molecular weight excluding hydrogens is 263 g/mol. The molecule has 1 aromatic carbocycles. The molecule has 0 aromatic heterocycles. The molecule has 3 rings (SSSR count). The van der Waals surface area contributed by atoms with Gasteiger partial charge in [-0.3, -0.25) is 0 Å². The zero-order valence-electron chi connectivity index (χ0n) is 13.3. The van der Waals surface area contributed by atoms with Crippen molar-refractivity contribution < 1.29 is 4.39 Å². The number of nitrogens with zero attached hydrogens (tertiary/aromatic N) is 1. The van der Waals surface area contributed by atoms with Crippen LogP contribution in [0.1, 0.15) is 51.0 Å². The fourth-order valence-electron chi connectivity index (χ4n) is 4.07. The number of halogens is 1. The Balaban J connectivity index is 1.88. The summed E-state index contributed by atoms with van der Waals surface area (Å²) in [4.78, 5) is 2.46. The normalized spacial score (nSPS) is 25.3. The van der Waals surface area contributed by atoms with Gasteiger partial charge in [-0.2, -0.15) is 0 Å². The molecular formula is C18H27FN2. The molecule has 116 valence electrons. The first-order valence-corrected chi connectivity index (χ1v) is 8.41. The van der Waals surface area contributed by atoms with Crippen LogP contribution in [0.3, 0.4) is 0 Å². The van der Waals surface area contributed by atoms with Crippen molar-refractivity contribution in [3.63, 3.8) is 0 Å². The van der Waals surface area contributed by atoms with Gasteiger partial charge in [-0.25, -0.2) is 4.39 Å². The molecule has 1 heterocycles. The first-order chi connectivity index (χ1) is 10.1. The summed E-state index contributed by atoms with van der Waals surface area (Å²) in [6, 6.07) is 5.92. The van der Waals surface area contributed by atoms with Crippen LogP contribution >= 0.6 is 0 Å². The number of hydrogen-bond acceptors (Lipinski definition) is 2. The van der Waals surface area contributed by atoms with E-state index in [1.54, 1.807) is 12.1 Å². The summed E-state index contributed by atoms with van der Waals surface area (Å²) < 4.78 is 13.8. The van der Waals surface area contributed by atoms with Crippen LogP contribution in [0.4, 0.5) is 10.1 Å². The Morgan fingerprint density at radius 1 is 1.24 bits per heavy atom. The minimum atomic E-state index is -0.115. The fourth-order valence-corrected chi connectivity index (χ4v) is 4.07. The molecule has 0 radical (unpaired) electrons. The van der Waals surface area contributed by atoms with Gasteiger partial charge in [0, 0.05) is 30.4 Å². The van der Waals surface area contributed by atoms with Crippen molar-refractivity contribution in [3.8, 4) is 0 Å². The minimum absolute atomic E-state index is 0.115. The lowest BCUT2D eigenvalue weighted by Gasteiger charge is -2.50. The highest BCUT2D eigenvalue weighted by molar-refractivity contribution is 5.51. The molecule has 1 unspecified atom stereocenters. The van der Waals surface area contributed by atoms with Crippen LogP contribution in [0.25, 0.3) is 0 Å². The number of nitrogens with one attached hydrogen (secondary N) is 1. The summed E-state index contributed by atoms with van der Waals surface area (Å²) in [5.41, 5.74) is 2.33. The van der Waals surface area contributed by atoms with Gasteiger partial charge in [-0.1, -0.05) is 26.2 Å². The molecule has 1 spiro atoms. The van der Waals surface area contributed by atoms with E-state index >= 15 is 0 Å². The van der Waals surface area contributed by atoms with Gasteiger partial charge in [0.25, 0.3) is 0 Å². The minimum Gasteiger partial charge on any atom is -0.365 e. The Morgan fingerprint density at radius 3 is 2.67 bits per heavy atom. The summed E-state index contributed by atoms with van der Waals surface area (Å²) in [7, 11) is 0. The van der Waals surface area contributed by atoms with Gasteiger partial charge < -0.3 is 10.2 Å². The highest BCUT2D eigenvalue weighted by Gasteiger charge is 2.39. The van der Waals surface area contributed by atoms with Gasteiger partial charge in [-0.05, 0) is 49.9 Å². The Bertz CT molecular complexity index is 474. The maximum atomic E-state index is 13.8. The van der Waals surface area contributed by atoms with Gasteiger partial charge in [0.05, 0.1) is 0 Å². The maximum absolute atomic E-state index is 13.8. The van der Waals surface area contributed by atoms with E-state index in [2.05, 4.69) is 23.2 Å². The summed E-state index contributed by atoms with van der Waals surface area (Å²) in [6.45, 7) is 6.25. The smallest absolute Gasteiger partial charge is 0.125 e. The van der Waals surface area contributed by atoms with E-state index < -0.39 is 0 Å². The largest absolute Gasteiger partial charge is 0.365 e. The van der Waals surface area contributed by atoms with E-state index in [0.717, 1.165) is 30.8 Å². The second-order valence-corrected chi connectivity index (χ2v) is 6.90. The SMILES string of the molecule is CCC1CNC2(CCCCC2)CN1c1cc(C)cc(F)c1. The molecule has 21 heavy (non-hydrogen) atoms. The molecule has 1 saturated heterocycles. The molecule has 1 aliphatic carbocycles. The summed E-state index contributed by atoms with van der Waals surface area (Å²) in [5, 5.41) is 3.83. The van der Waals surface area contributed by atoms with Crippen molar-refractivity contribution in [1.29, 1.82) is 0 Å². The van der Waals surface area contributed by atoms with Crippen LogP contribution in [-0.4, -0.2) is 24.7 Å². The lowest BCUT2D eigenvalue weighted by atomic mass is 9.79. The molecule has 1 aromatic rings. The van der Waals surface area contributed by atoms with E-state index in [1.165, 1.54) is 32.1 Å². The number of aryl methyl sites for hydroxylation is 1. The van der Waals surface area contributed by atoms with E-state index in [1.807, 2.05) is 6.92 Å². The zero-order valence-corrected chi connectivity index (χ0v) is 13.3. The standard InChI is InChI=1S/C18H27FN2/c1-3-16-12-20-18(7-5-4-6-8-18)13-21(16)17-10-14(2)9-15(19)11-17/h9-11,16,20H,3-8,12-13H2,1-2H3. The van der Waals surface area contributed by atoms with Crippen LogP contribution in [0.15, 0.2) is 18.2 Å². The van der Waals surface area contributed by atoms with E-state index in [4.69, 9.17) is 0 Å². The molecule has 2 nitrogen and oxygen atoms in total. The monoisotopic (exact) mass is 290 g/mol. The van der Waals surface area contributed by atoms with Crippen molar-refractivity contribution in [2.75, 3.05) is 18.0 Å². The van der Waals surface area contributed by atoms with Crippen molar-refractivity contribution in [2.45, 2.75) is 64.0 Å². The number of benzene rings is 1. The quantitative estimate of drug-likeness (QED) is 0.885. The Morgan fingerprint density at radius 2 is 2.00 bits per heavy atom. The Hall–Kier alpha value is -1.09. The number of anilines is 1. The second-order valence-electron chi connectivity index (χ2n) is 6.90. The molecule has 0 amide bonds. The van der Waals surface area contributed by atoms with Gasteiger partial charge >= 0.3 is 0 Å². The lowest BCUT2D eigenvalue weighted by Crippen LogP contribution is -2.65. The third kappa shape index (κ3) is 3.08. The van der Waals surface area contributed by atoms with E-state index in [-0.39, 0.29) is 11.4 Å². The van der Waals surface area contributed by atoms with Crippen molar-refractivity contribution in [2.24, 2.45) is 0 Å². The molecule has 2 fully saturated rings.